The van der Waals surface area contributed by atoms with Crippen LogP contribution in [0.4, 0.5) is 19.4 Å². The van der Waals surface area contributed by atoms with E-state index in [1.54, 1.807) is 32.9 Å². The molecule has 1 amide bonds. The van der Waals surface area contributed by atoms with Crippen LogP contribution in [0.25, 0.3) is 10.9 Å². The number of fused-ring (bicyclic) bond motifs is 4. The Morgan fingerprint density at radius 3 is 2.85 bits per heavy atom. The number of hydrogen-bond donors (Lipinski definition) is 0. The number of anilines is 1. The van der Waals surface area contributed by atoms with Crippen molar-refractivity contribution in [2.75, 3.05) is 24.6 Å². The van der Waals surface area contributed by atoms with Gasteiger partial charge >= 0.3 is 12.1 Å². The van der Waals surface area contributed by atoms with Crippen LogP contribution in [0.5, 0.6) is 6.01 Å². The number of halogens is 3. The largest absolute Gasteiger partial charge is 0.461 e. The Morgan fingerprint density at radius 2 is 2.10 bits per heavy atom. The van der Waals surface area contributed by atoms with Crippen molar-refractivity contribution in [3.05, 3.63) is 45.4 Å². The number of aromatic nitrogens is 4. The van der Waals surface area contributed by atoms with Crippen molar-refractivity contribution in [3.63, 3.8) is 0 Å². The van der Waals surface area contributed by atoms with E-state index in [-0.39, 0.29) is 48.2 Å². The molecule has 0 saturated carbocycles. The molecule has 2 aromatic heterocycles. The molecule has 2 saturated heterocycles. The lowest BCUT2D eigenvalue weighted by atomic mass is 9.95. The van der Waals surface area contributed by atoms with Crippen LogP contribution in [0, 0.1) is 5.82 Å². The molecule has 3 aliphatic rings. The fourth-order valence-corrected chi connectivity index (χ4v) is 6.52. The first kappa shape index (κ1) is 28.1. The summed E-state index contributed by atoms with van der Waals surface area (Å²) in [6.45, 7) is 6.91. The van der Waals surface area contributed by atoms with Crippen molar-refractivity contribution in [3.8, 4) is 6.01 Å². The van der Waals surface area contributed by atoms with Crippen LogP contribution in [-0.4, -0.2) is 68.2 Å². The highest BCUT2D eigenvalue weighted by molar-refractivity contribution is 9.10. The third-order valence-corrected chi connectivity index (χ3v) is 8.57. The van der Waals surface area contributed by atoms with E-state index in [4.69, 9.17) is 14.2 Å². The molecule has 5 heterocycles. The van der Waals surface area contributed by atoms with Crippen LogP contribution >= 0.6 is 15.9 Å². The maximum Gasteiger partial charge on any atom is 0.416 e. The van der Waals surface area contributed by atoms with Gasteiger partial charge in [-0.25, -0.2) is 13.6 Å². The SMILES string of the molecule is CC(C)(C)OC(=O)N(Cc1cccnn1)c1nc(OC[C@@]23CCCN2C[C@H](F)C3)nc2c(F)c(Br)c3c(c12)COC3. The van der Waals surface area contributed by atoms with Gasteiger partial charge in [0.25, 0.3) is 0 Å². The van der Waals surface area contributed by atoms with E-state index in [0.717, 1.165) is 19.4 Å². The van der Waals surface area contributed by atoms with Crippen molar-refractivity contribution in [2.24, 2.45) is 0 Å². The normalized spacial score (nSPS) is 22.1. The average molecular weight is 633 g/mol. The molecule has 2 fully saturated rings. The molecule has 0 N–H and O–H groups in total. The molecule has 6 rings (SSSR count). The van der Waals surface area contributed by atoms with Gasteiger partial charge in [-0.05, 0) is 73.8 Å². The second kappa shape index (κ2) is 10.7. The molecular weight excluding hydrogens is 602 g/mol. The summed E-state index contributed by atoms with van der Waals surface area (Å²) >= 11 is 3.37. The zero-order valence-electron chi connectivity index (χ0n) is 23.1. The van der Waals surface area contributed by atoms with Gasteiger partial charge in [0.05, 0.1) is 40.9 Å². The minimum Gasteiger partial charge on any atom is -0.461 e. The van der Waals surface area contributed by atoms with Gasteiger partial charge in [-0.1, -0.05) is 0 Å². The Kier molecular flexibility index (Phi) is 7.31. The second-order valence-corrected chi connectivity index (χ2v) is 12.6. The molecule has 13 heteroatoms. The van der Waals surface area contributed by atoms with Crippen molar-refractivity contribution >= 4 is 38.7 Å². The molecule has 218 valence electrons. The minimum absolute atomic E-state index is 0.0237. The van der Waals surface area contributed by atoms with E-state index in [1.807, 2.05) is 0 Å². The Hall–Kier alpha value is -3.03. The van der Waals surface area contributed by atoms with Crippen molar-refractivity contribution < 1.29 is 27.8 Å². The average Bonchev–Trinajstić information content (AvgIpc) is 3.63. The highest BCUT2D eigenvalue weighted by atomic mass is 79.9. The van der Waals surface area contributed by atoms with Gasteiger partial charge in [-0.15, -0.1) is 0 Å². The van der Waals surface area contributed by atoms with Crippen LogP contribution < -0.4 is 9.64 Å². The van der Waals surface area contributed by atoms with Gasteiger partial charge in [0, 0.05) is 24.7 Å². The first-order valence-electron chi connectivity index (χ1n) is 13.6. The van der Waals surface area contributed by atoms with Crippen LogP contribution in [0.1, 0.15) is 56.9 Å². The molecular formula is C28H31BrF2N6O4. The van der Waals surface area contributed by atoms with E-state index in [0.29, 0.717) is 35.2 Å². The second-order valence-electron chi connectivity index (χ2n) is 11.8. The molecule has 2 atom stereocenters. The third kappa shape index (κ3) is 5.35. The third-order valence-electron chi connectivity index (χ3n) is 7.74. The first-order chi connectivity index (χ1) is 19.5. The molecule has 1 aromatic carbocycles. The summed E-state index contributed by atoms with van der Waals surface area (Å²) in [5, 5.41) is 8.39. The summed E-state index contributed by atoms with van der Waals surface area (Å²) in [6.07, 6.45) is 1.98. The molecule has 3 aromatic rings. The number of hydrogen-bond acceptors (Lipinski definition) is 9. The maximum atomic E-state index is 15.9. The Morgan fingerprint density at radius 1 is 1.29 bits per heavy atom. The number of nitrogens with zero attached hydrogens (tertiary/aromatic N) is 6. The lowest BCUT2D eigenvalue weighted by Crippen LogP contribution is -2.43. The molecule has 0 radical (unpaired) electrons. The molecule has 0 spiro atoms. The smallest absolute Gasteiger partial charge is 0.416 e. The summed E-state index contributed by atoms with van der Waals surface area (Å²) in [7, 11) is 0. The van der Waals surface area contributed by atoms with E-state index in [1.165, 1.54) is 11.1 Å². The van der Waals surface area contributed by atoms with Crippen LogP contribution in [0.15, 0.2) is 22.8 Å². The van der Waals surface area contributed by atoms with E-state index in [9.17, 15) is 9.18 Å². The Bertz CT molecular complexity index is 1490. The number of rotatable bonds is 6. The van der Waals surface area contributed by atoms with Crippen molar-refractivity contribution in [2.45, 2.75) is 77.1 Å². The molecule has 0 unspecified atom stereocenters. The zero-order valence-corrected chi connectivity index (χ0v) is 24.7. The quantitative estimate of drug-likeness (QED) is 0.360. The Labute approximate surface area is 244 Å². The topological polar surface area (TPSA) is 103 Å². The highest BCUT2D eigenvalue weighted by Crippen LogP contribution is 2.43. The molecule has 0 bridgehead atoms. The monoisotopic (exact) mass is 632 g/mol. The van der Waals surface area contributed by atoms with E-state index >= 15 is 4.39 Å². The van der Waals surface area contributed by atoms with Gasteiger partial charge in [-0.3, -0.25) is 9.80 Å². The lowest BCUT2D eigenvalue weighted by molar-refractivity contribution is 0.0575. The fraction of sp³-hybridized carbons (Fsp3) is 0.536. The van der Waals surface area contributed by atoms with Crippen molar-refractivity contribution in [1.82, 2.24) is 25.1 Å². The van der Waals surface area contributed by atoms with Gasteiger partial charge in [0.1, 0.15) is 23.9 Å². The molecule has 3 aliphatic heterocycles. The van der Waals surface area contributed by atoms with Crippen LogP contribution in [0.2, 0.25) is 0 Å². The minimum atomic E-state index is -0.933. The van der Waals surface area contributed by atoms with E-state index < -0.39 is 29.2 Å². The fourth-order valence-electron chi connectivity index (χ4n) is 5.98. The number of alkyl halides is 1. The standard InChI is InChI=1S/C28H31BrF2N6O4/c1-27(2,3)41-26(38)37(12-17-6-4-8-32-35-17)24-20-18-13-39-14-19(18)21(29)22(31)23(20)33-25(34-24)40-15-28-7-5-9-36(28)11-16(30)10-28/h4,6,8,16H,5,7,9-15H2,1-3H3/t16-,28+/m1/s1. The van der Waals surface area contributed by atoms with Crippen LogP contribution in [0.3, 0.4) is 0 Å². The molecule has 41 heavy (non-hydrogen) atoms. The van der Waals surface area contributed by atoms with Crippen LogP contribution in [-0.2, 0) is 29.2 Å². The van der Waals surface area contributed by atoms with Gasteiger partial charge in [-0.2, -0.15) is 20.2 Å². The summed E-state index contributed by atoms with van der Waals surface area (Å²) < 4.78 is 48.1. The Balaban J connectivity index is 1.49. The summed E-state index contributed by atoms with van der Waals surface area (Å²) in [5.74, 6) is -0.514. The zero-order chi connectivity index (χ0) is 28.9. The molecule has 10 nitrogen and oxygen atoms in total. The molecule has 0 aliphatic carbocycles. The number of ether oxygens (including phenoxy) is 3. The van der Waals surface area contributed by atoms with Gasteiger partial charge in [0.15, 0.2) is 11.6 Å². The lowest BCUT2D eigenvalue weighted by Gasteiger charge is -2.31. The van der Waals surface area contributed by atoms with E-state index in [2.05, 4.69) is 41.0 Å². The van der Waals surface area contributed by atoms with Gasteiger partial charge in [0.2, 0.25) is 0 Å². The summed E-state index contributed by atoms with van der Waals surface area (Å²) in [6, 6.07) is 3.31. The van der Waals surface area contributed by atoms with Gasteiger partial charge < -0.3 is 14.2 Å². The number of benzene rings is 1. The predicted octanol–water partition coefficient (Wildman–Crippen LogP) is 5.25. The predicted molar refractivity (Wildman–Crippen MR) is 149 cm³/mol. The van der Waals surface area contributed by atoms with Crippen molar-refractivity contribution in [1.29, 1.82) is 0 Å². The number of amides is 1. The first-order valence-corrected chi connectivity index (χ1v) is 14.4. The summed E-state index contributed by atoms with van der Waals surface area (Å²) in [4.78, 5) is 26.3. The maximum absolute atomic E-state index is 15.9. The number of carbonyl (C=O) groups excluding carboxylic acids is 1. The summed E-state index contributed by atoms with van der Waals surface area (Å²) in [5.41, 5.74) is 0.447. The number of carbonyl (C=O) groups is 1. The highest BCUT2D eigenvalue weighted by Gasteiger charge is 2.49.